The van der Waals surface area contributed by atoms with Gasteiger partial charge in [0.05, 0.1) is 12.8 Å². The van der Waals surface area contributed by atoms with E-state index in [-0.39, 0.29) is 5.97 Å². The molecule has 4 nitrogen and oxygen atoms in total. The fourth-order valence-corrected chi connectivity index (χ4v) is 1.77. The molecule has 0 aliphatic heterocycles. The maximum atomic E-state index is 11.5. The second-order valence-electron chi connectivity index (χ2n) is 5.52. The SMILES string of the molecule is COc1ccc(CCCC(=O)OC(C)(C)C)cc1N. The summed E-state index contributed by atoms with van der Waals surface area (Å²) in [5, 5.41) is 0. The Balaban J connectivity index is 2.41. The van der Waals surface area contributed by atoms with Crippen LogP contribution in [0.1, 0.15) is 39.2 Å². The van der Waals surface area contributed by atoms with Crippen molar-refractivity contribution in [1.29, 1.82) is 0 Å². The van der Waals surface area contributed by atoms with Crippen LogP contribution in [0.4, 0.5) is 5.69 Å². The molecule has 0 unspecified atom stereocenters. The minimum absolute atomic E-state index is 0.158. The lowest BCUT2D eigenvalue weighted by atomic mass is 10.1. The maximum absolute atomic E-state index is 11.5. The molecule has 1 rings (SSSR count). The number of nitrogen functional groups attached to an aromatic ring is 1. The molecule has 0 aliphatic rings. The fourth-order valence-electron chi connectivity index (χ4n) is 1.77. The summed E-state index contributed by atoms with van der Waals surface area (Å²) in [5.74, 6) is 0.518. The Bertz CT molecular complexity index is 436. The number of aryl methyl sites for hydroxylation is 1. The van der Waals surface area contributed by atoms with Crippen molar-refractivity contribution >= 4 is 11.7 Å². The van der Waals surface area contributed by atoms with Crippen molar-refractivity contribution in [2.24, 2.45) is 0 Å². The second kappa shape index (κ2) is 6.45. The first-order chi connectivity index (χ1) is 8.81. The van der Waals surface area contributed by atoms with Crippen LogP contribution < -0.4 is 10.5 Å². The van der Waals surface area contributed by atoms with E-state index in [0.717, 1.165) is 18.4 Å². The standard InChI is InChI=1S/C15H23NO3/c1-15(2,3)19-14(17)7-5-6-11-8-9-13(18-4)12(16)10-11/h8-10H,5-7,16H2,1-4H3. The highest BCUT2D eigenvalue weighted by Gasteiger charge is 2.15. The van der Waals surface area contributed by atoms with Crippen LogP contribution in [0.15, 0.2) is 18.2 Å². The Morgan fingerprint density at radius 1 is 1.32 bits per heavy atom. The Kier molecular flexibility index (Phi) is 5.21. The van der Waals surface area contributed by atoms with Gasteiger partial charge in [-0.1, -0.05) is 6.07 Å². The number of rotatable bonds is 5. The van der Waals surface area contributed by atoms with Gasteiger partial charge in [-0.2, -0.15) is 0 Å². The number of benzene rings is 1. The Hall–Kier alpha value is -1.71. The number of methoxy groups -OCH3 is 1. The van der Waals surface area contributed by atoms with Gasteiger partial charge in [-0.15, -0.1) is 0 Å². The van der Waals surface area contributed by atoms with Crippen LogP contribution in [0.25, 0.3) is 0 Å². The average molecular weight is 265 g/mol. The van der Waals surface area contributed by atoms with E-state index in [1.54, 1.807) is 7.11 Å². The number of nitrogens with two attached hydrogens (primary N) is 1. The van der Waals surface area contributed by atoms with E-state index in [9.17, 15) is 4.79 Å². The molecule has 0 saturated carbocycles. The van der Waals surface area contributed by atoms with Crippen molar-refractivity contribution in [1.82, 2.24) is 0 Å². The summed E-state index contributed by atoms with van der Waals surface area (Å²) in [6, 6.07) is 5.69. The van der Waals surface area contributed by atoms with Gasteiger partial charge in [0, 0.05) is 6.42 Å². The fraction of sp³-hybridized carbons (Fsp3) is 0.533. The van der Waals surface area contributed by atoms with E-state index < -0.39 is 5.60 Å². The number of ether oxygens (including phenoxy) is 2. The van der Waals surface area contributed by atoms with E-state index in [1.165, 1.54) is 0 Å². The number of hydrogen-bond donors (Lipinski definition) is 1. The summed E-state index contributed by atoms with van der Waals surface area (Å²) >= 11 is 0. The smallest absolute Gasteiger partial charge is 0.306 e. The van der Waals surface area contributed by atoms with Crippen LogP contribution in [-0.4, -0.2) is 18.7 Å². The predicted molar refractivity (Wildman–Crippen MR) is 76.2 cm³/mol. The van der Waals surface area contributed by atoms with E-state index in [4.69, 9.17) is 15.2 Å². The predicted octanol–water partition coefficient (Wildman–Crippen LogP) is 2.94. The van der Waals surface area contributed by atoms with Crippen molar-refractivity contribution in [2.75, 3.05) is 12.8 Å². The molecule has 0 aliphatic carbocycles. The normalized spacial score (nSPS) is 11.2. The largest absolute Gasteiger partial charge is 0.495 e. The maximum Gasteiger partial charge on any atom is 0.306 e. The summed E-state index contributed by atoms with van der Waals surface area (Å²) in [4.78, 5) is 11.5. The monoisotopic (exact) mass is 265 g/mol. The van der Waals surface area contributed by atoms with E-state index in [2.05, 4.69) is 0 Å². The highest BCUT2D eigenvalue weighted by Crippen LogP contribution is 2.22. The molecule has 0 bridgehead atoms. The first-order valence-electron chi connectivity index (χ1n) is 6.46. The molecule has 0 radical (unpaired) electrons. The minimum atomic E-state index is -0.415. The second-order valence-corrected chi connectivity index (χ2v) is 5.52. The molecule has 0 saturated heterocycles. The molecule has 0 spiro atoms. The van der Waals surface area contributed by atoms with Crippen LogP contribution in [0.3, 0.4) is 0 Å². The molecule has 2 N–H and O–H groups in total. The number of carbonyl (C=O) groups excluding carboxylic acids is 1. The van der Waals surface area contributed by atoms with Gasteiger partial charge in [-0.05, 0) is 51.3 Å². The van der Waals surface area contributed by atoms with Gasteiger partial charge in [0.2, 0.25) is 0 Å². The van der Waals surface area contributed by atoms with Gasteiger partial charge >= 0.3 is 5.97 Å². The minimum Gasteiger partial charge on any atom is -0.495 e. The Morgan fingerprint density at radius 2 is 2.00 bits per heavy atom. The first-order valence-corrected chi connectivity index (χ1v) is 6.46. The molecule has 0 atom stereocenters. The lowest BCUT2D eigenvalue weighted by Crippen LogP contribution is -2.23. The van der Waals surface area contributed by atoms with Gasteiger partial charge in [-0.3, -0.25) is 4.79 Å². The van der Waals surface area contributed by atoms with Crippen molar-refractivity contribution in [3.8, 4) is 5.75 Å². The molecular formula is C15H23NO3. The summed E-state index contributed by atoms with van der Waals surface area (Å²) in [6.45, 7) is 5.61. The number of esters is 1. The van der Waals surface area contributed by atoms with Crippen molar-refractivity contribution in [3.05, 3.63) is 23.8 Å². The van der Waals surface area contributed by atoms with Crippen LogP contribution in [0.5, 0.6) is 5.75 Å². The van der Waals surface area contributed by atoms with Crippen LogP contribution in [0, 0.1) is 0 Å². The molecule has 0 aromatic heterocycles. The van der Waals surface area contributed by atoms with Gasteiger partial charge in [0.15, 0.2) is 0 Å². The van der Waals surface area contributed by atoms with Gasteiger partial charge < -0.3 is 15.2 Å². The number of carbonyl (C=O) groups is 1. The van der Waals surface area contributed by atoms with Gasteiger partial charge in [-0.25, -0.2) is 0 Å². The Morgan fingerprint density at radius 3 is 2.53 bits per heavy atom. The summed E-state index contributed by atoms with van der Waals surface area (Å²) < 4.78 is 10.4. The molecular weight excluding hydrogens is 242 g/mol. The number of anilines is 1. The van der Waals surface area contributed by atoms with E-state index in [0.29, 0.717) is 17.9 Å². The topological polar surface area (TPSA) is 61.5 Å². The quantitative estimate of drug-likeness (QED) is 0.657. The van der Waals surface area contributed by atoms with Crippen molar-refractivity contribution in [3.63, 3.8) is 0 Å². The molecule has 4 heteroatoms. The van der Waals surface area contributed by atoms with Crippen molar-refractivity contribution in [2.45, 2.75) is 45.6 Å². The molecule has 0 fully saturated rings. The molecule has 1 aromatic rings. The van der Waals surface area contributed by atoms with Gasteiger partial charge in [0.1, 0.15) is 11.4 Å². The van der Waals surface area contributed by atoms with Crippen LogP contribution in [0.2, 0.25) is 0 Å². The molecule has 0 amide bonds. The highest BCUT2D eigenvalue weighted by molar-refractivity contribution is 5.69. The Labute approximate surface area is 114 Å². The third-order valence-corrected chi connectivity index (χ3v) is 2.56. The van der Waals surface area contributed by atoms with E-state index in [1.807, 2.05) is 39.0 Å². The average Bonchev–Trinajstić information content (AvgIpc) is 2.26. The summed E-state index contributed by atoms with van der Waals surface area (Å²) in [6.07, 6.45) is 1.97. The molecule has 19 heavy (non-hydrogen) atoms. The lowest BCUT2D eigenvalue weighted by Gasteiger charge is -2.19. The summed E-state index contributed by atoms with van der Waals surface area (Å²) in [5.41, 5.74) is 7.14. The summed E-state index contributed by atoms with van der Waals surface area (Å²) in [7, 11) is 1.59. The third kappa shape index (κ3) is 5.64. The van der Waals surface area contributed by atoms with Crippen molar-refractivity contribution < 1.29 is 14.3 Å². The van der Waals surface area contributed by atoms with Gasteiger partial charge in [0.25, 0.3) is 0 Å². The van der Waals surface area contributed by atoms with E-state index >= 15 is 0 Å². The zero-order chi connectivity index (χ0) is 14.5. The zero-order valence-electron chi connectivity index (χ0n) is 12.2. The molecule has 0 heterocycles. The highest BCUT2D eigenvalue weighted by atomic mass is 16.6. The molecule has 106 valence electrons. The lowest BCUT2D eigenvalue weighted by molar-refractivity contribution is -0.154. The molecule has 1 aromatic carbocycles. The van der Waals surface area contributed by atoms with Crippen LogP contribution >= 0.6 is 0 Å². The zero-order valence-corrected chi connectivity index (χ0v) is 12.2. The van der Waals surface area contributed by atoms with Crippen LogP contribution in [-0.2, 0) is 16.0 Å². The first kappa shape index (κ1) is 15.3. The number of hydrogen-bond acceptors (Lipinski definition) is 4. The third-order valence-electron chi connectivity index (χ3n) is 2.56.